The zero-order valence-electron chi connectivity index (χ0n) is 11.8. The largest absolute Gasteiger partial charge is 0.494 e. The van der Waals surface area contributed by atoms with Gasteiger partial charge in [0.15, 0.2) is 0 Å². The van der Waals surface area contributed by atoms with Crippen molar-refractivity contribution in [2.45, 2.75) is 40.2 Å². The van der Waals surface area contributed by atoms with Crippen LogP contribution in [-0.4, -0.2) is 18.2 Å². The topological polar surface area (TPSA) is 50.4 Å². The molecule has 2 amide bonds. The average molecular weight is 250 g/mol. The highest BCUT2D eigenvalue weighted by atomic mass is 16.5. The van der Waals surface area contributed by atoms with Gasteiger partial charge in [-0.15, -0.1) is 0 Å². The Kier molecular flexibility index (Phi) is 4.59. The average Bonchev–Trinajstić information content (AvgIpc) is 2.19. The van der Waals surface area contributed by atoms with Crippen molar-refractivity contribution in [1.82, 2.24) is 5.32 Å². The number of hydrogen-bond donors (Lipinski definition) is 2. The number of nitrogens with one attached hydrogen (secondary N) is 2. The van der Waals surface area contributed by atoms with Gasteiger partial charge in [-0.05, 0) is 58.4 Å². The fourth-order valence-corrected chi connectivity index (χ4v) is 1.55. The zero-order chi connectivity index (χ0) is 13.8. The molecule has 4 heteroatoms. The molecule has 0 aliphatic heterocycles. The highest BCUT2D eigenvalue weighted by molar-refractivity contribution is 5.89. The Morgan fingerprint density at radius 1 is 1.33 bits per heavy atom. The molecule has 1 aromatic carbocycles. The molecule has 0 aliphatic rings. The molecule has 0 aliphatic carbocycles. The van der Waals surface area contributed by atoms with Gasteiger partial charge in [-0.1, -0.05) is 0 Å². The lowest BCUT2D eigenvalue weighted by Crippen LogP contribution is -2.43. The van der Waals surface area contributed by atoms with Crippen LogP contribution in [0.5, 0.6) is 5.75 Å². The van der Waals surface area contributed by atoms with E-state index in [0.29, 0.717) is 6.61 Å². The van der Waals surface area contributed by atoms with Crippen LogP contribution >= 0.6 is 0 Å². The number of hydrogen-bond acceptors (Lipinski definition) is 2. The molecule has 2 N–H and O–H groups in total. The number of carbonyl (C=O) groups excluding carboxylic acids is 1. The minimum Gasteiger partial charge on any atom is -0.494 e. The molecule has 0 unspecified atom stereocenters. The normalized spacial score (nSPS) is 10.9. The number of ether oxygens (including phenoxy) is 1. The summed E-state index contributed by atoms with van der Waals surface area (Å²) in [7, 11) is 0. The number of aryl methyl sites for hydroxylation is 1. The molecule has 0 aromatic heterocycles. The molecule has 4 nitrogen and oxygen atoms in total. The maximum absolute atomic E-state index is 11.7. The van der Waals surface area contributed by atoms with Gasteiger partial charge in [0.1, 0.15) is 5.75 Å². The molecule has 0 atom stereocenters. The Morgan fingerprint density at radius 3 is 2.50 bits per heavy atom. The van der Waals surface area contributed by atoms with Crippen molar-refractivity contribution in [2.75, 3.05) is 11.9 Å². The standard InChI is InChI=1S/C14H22N2O2/c1-6-18-12-8-7-11(9-10(12)2)15-13(17)16-14(3,4)5/h7-9H,6H2,1-5H3,(H2,15,16,17). The van der Waals surface area contributed by atoms with Crippen LogP contribution in [-0.2, 0) is 0 Å². The van der Waals surface area contributed by atoms with Gasteiger partial charge in [0.2, 0.25) is 0 Å². The molecule has 0 heterocycles. The Balaban J connectivity index is 2.69. The SMILES string of the molecule is CCOc1ccc(NC(=O)NC(C)(C)C)cc1C. The van der Waals surface area contributed by atoms with Crippen molar-refractivity contribution in [2.24, 2.45) is 0 Å². The third kappa shape index (κ3) is 4.65. The van der Waals surface area contributed by atoms with Gasteiger partial charge in [-0.25, -0.2) is 4.79 Å². The number of rotatable bonds is 3. The first kappa shape index (κ1) is 14.4. The number of amides is 2. The summed E-state index contributed by atoms with van der Waals surface area (Å²) in [6.07, 6.45) is 0. The minimum absolute atomic E-state index is 0.203. The van der Waals surface area contributed by atoms with Crippen molar-refractivity contribution in [1.29, 1.82) is 0 Å². The number of anilines is 1. The first-order valence-electron chi connectivity index (χ1n) is 6.14. The summed E-state index contributed by atoms with van der Waals surface area (Å²) in [5.74, 6) is 0.847. The van der Waals surface area contributed by atoms with Crippen LogP contribution in [0.1, 0.15) is 33.3 Å². The summed E-state index contributed by atoms with van der Waals surface area (Å²) in [6.45, 7) is 10.4. The van der Waals surface area contributed by atoms with Crippen LogP contribution < -0.4 is 15.4 Å². The highest BCUT2D eigenvalue weighted by Crippen LogP contribution is 2.21. The molecule has 0 spiro atoms. The number of urea groups is 1. The van der Waals surface area contributed by atoms with Crippen molar-refractivity contribution in [3.05, 3.63) is 23.8 Å². The van der Waals surface area contributed by atoms with Gasteiger partial charge in [0, 0.05) is 11.2 Å². The van der Waals surface area contributed by atoms with E-state index in [4.69, 9.17) is 4.74 Å². The Hall–Kier alpha value is -1.71. The quantitative estimate of drug-likeness (QED) is 0.864. The van der Waals surface area contributed by atoms with Crippen LogP contribution in [0.15, 0.2) is 18.2 Å². The van der Waals surface area contributed by atoms with Crippen molar-refractivity contribution < 1.29 is 9.53 Å². The van der Waals surface area contributed by atoms with E-state index >= 15 is 0 Å². The summed E-state index contributed by atoms with van der Waals surface area (Å²) in [5, 5.41) is 5.65. The van der Waals surface area contributed by atoms with Crippen molar-refractivity contribution >= 4 is 11.7 Å². The monoisotopic (exact) mass is 250 g/mol. The lowest BCUT2D eigenvalue weighted by molar-refractivity contribution is 0.244. The maximum Gasteiger partial charge on any atom is 0.319 e. The van der Waals surface area contributed by atoms with E-state index in [-0.39, 0.29) is 11.6 Å². The van der Waals surface area contributed by atoms with Crippen molar-refractivity contribution in [3.8, 4) is 5.75 Å². The third-order valence-electron chi connectivity index (χ3n) is 2.22. The summed E-state index contributed by atoms with van der Waals surface area (Å²) in [5.41, 5.74) is 1.52. The Labute approximate surface area is 109 Å². The summed E-state index contributed by atoms with van der Waals surface area (Å²) >= 11 is 0. The van der Waals surface area contributed by atoms with E-state index in [1.54, 1.807) is 0 Å². The third-order valence-corrected chi connectivity index (χ3v) is 2.22. The van der Waals surface area contributed by atoms with E-state index < -0.39 is 0 Å². The number of carbonyl (C=O) groups is 1. The zero-order valence-corrected chi connectivity index (χ0v) is 11.8. The summed E-state index contributed by atoms with van der Waals surface area (Å²) in [6, 6.07) is 5.39. The fraction of sp³-hybridized carbons (Fsp3) is 0.500. The molecule has 0 fully saturated rings. The second kappa shape index (κ2) is 5.76. The minimum atomic E-state index is -0.246. The van der Waals surface area contributed by atoms with Crippen LogP contribution in [0.25, 0.3) is 0 Å². The van der Waals surface area contributed by atoms with Crippen molar-refractivity contribution in [3.63, 3.8) is 0 Å². The molecule has 1 rings (SSSR count). The lowest BCUT2D eigenvalue weighted by atomic mass is 10.1. The van der Waals surface area contributed by atoms with E-state index in [9.17, 15) is 4.79 Å². The highest BCUT2D eigenvalue weighted by Gasteiger charge is 2.13. The lowest BCUT2D eigenvalue weighted by Gasteiger charge is -2.21. The second-order valence-corrected chi connectivity index (χ2v) is 5.24. The molecule has 0 saturated carbocycles. The van der Waals surface area contributed by atoms with Gasteiger partial charge in [0.25, 0.3) is 0 Å². The van der Waals surface area contributed by atoms with Gasteiger partial charge < -0.3 is 15.4 Å². The van der Waals surface area contributed by atoms with Crippen LogP contribution in [0.2, 0.25) is 0 Å². The van der Waals surface area contributed by atoms with Gasteiger partial charge in [-0.3, -0.25) is 0 Å². The molecule has 1 aromatic rings. The van der Waals surface area contributed by atoms with Crippen LogP contribution in [0, 0.1) is 6.92 Å². The Morgan fingerprint density at radius 2 is 2.00 bits per heavy atom. The first-order valence-corrected chi connectivity index (χ1v) is 6.14. The van der Waals surface area contributed by atoms with E-state index in [2.05, 4.69) is 10.6 Å². The van der Waals surface area contributed by atoms with Crippen LogP contribution in [0.3, 0.4) is 0 Å². The van der Waals surface area contributed by atoms with Gasteiger partial charge in [0.05, 0.1) is 6.61 Å². The Bertz CT molecular complexity index is 422. The number of benzene rings is 1. The molecular formula is C14H22N2O2. The maximum atomic E-state index is 11.7. The van der Waals surface area contributed by atoms with E-state index in [1.807, 2.05) is 52.8 Å². The van der Waals surface area contributed by atoms with Crippen LogP contribution in [0.4, 0.5) is 10.5 Å². The van der Waals surface area contributed by atoms with E-state index in [1.165, 1.54) is 0 Å². The fourth-order valence-electron chi connectivity index (χ4n) is 1.55. The molecule has 0 bridgehead atoms. The molecule has 18 heavy (non-hydrogen) atoms. The second-order valence-electron chi connectivity index (χ2n) is 5.24. The summed E-state index contributed by atoms with van der Waals surface area (Å²) in [4.78, 5) is 11.7. The van der Waals surface area contributed by atoms with E-state index in [0.717, 1.165) is 17.0 Å². The molecular weight excluding hydrogens is 228 g/mol. The van der Waals surface area contributed by atoms with Gasteiger partial charge in [-0.2, -0.15) is 0 Å². The smallest absolute Gasteiger partial charge is 0.319 e. The summed E-state index contributed by atoms with van der Waals surface area (Å²) < 4.78 is 5.45. The molecule has 0 radical (unpaired) electrons. The molecule has 0 saturated heterocycles. The first-order chi connectivity index (χ1) is 8.31. The predicted octanol–water partition coefficient (Wildman–Crippen LogP) is 3.31. The predicted molar refractivity (Wildman–Crippen MR) is 74.3 cm³/mol. The van der Waals surface area contributed by atoms with Gasteiger partial charge >= 0.3 is 6.03 Å². The molecule has 100 valence electrons.